The van der Waals surface area contributed by atoms with E-state index in [9.17, 15) is 0 Å². The van der Waals surface area contributed by atoms with E-state index in [4.69, 9.17) is 20.6 Å². The molecule has 1 aromatic rings. The van der Waals surface area contributed by atoms with Gasteiger partial charge in [-0.05, 0) is 26.0 Å². The topological polar surface area (TPSA) is 81.2 Å². The second-order valence-corrected chi connectivity index (χ2v) is 3.36. The lowest BCUT2D eigenvalue weighted by Crippen LogP contribution is -2.22. The van der Waals surface area contributed by atoms with Gasteiger partial charge in [0.2, 0.25) is 5.88 Å². The van der Waals surface area contributed by atoms with E-state index >= 15 is 0 Å². The van der Waals surface area contributed by atoms with Gasteiger partial charge in [-0.25, -0.2) is 4.98 Å². The number of hydrogen-bond acceptors (Lipinski definition) is 4. The third-order valence-corrected chi connectivity index (χ3v) is 1.93. The van der Waals surface area contributed by atoms with Gasteiger partial charge in [0.05, 0.1) is 12.2 Å². The Morgan fingerprint density at radius 1 is 1.62 bits per heavy atom. The zero-order valence-corrected chi connectivity index (χ0v) is 9.56. The molecule has 5 nitrogen and oxygen atoms in total. The molecule has 0 aliphatic heterocycles. The molecule has 0 saturated carbocycles. The second-order valence-electron chi connectivity index (χ2n) is 3.36. The van der Waals surface area contributed by atoms with Crippen LogP contribution in [0.3, 0.4) is 0 Å². The van der Waals surface area contributed by atoms with Gasteiger partial charge in [-0.15, -0.1) is 0 Å². The number of nitrogens with zero attached hydrogens (tertiary/aromatic N) is 1. The number of hydrogen-bond donors (Lipinski definition) is 2. The maximum absolute atomic E-state index is 7.39. The minimum Gasteiger partial charge on any atom is -0.472 e. The molecule has 3 N–H and O–H groups in total. The van der Waals surface area contributed by atoms with E-state index in [0.717, 1.165) is 0 Å². The molecule has 5 heteroatoms. The first-order chi connectivity index (χ1) is 7.65. The largest absolute Gasteiger partial charge is 0.472 e. The highest BCUT2D eigenvalue weighted by atomic mass is 16.5. The summed E-state index contributed by atoms with van der Waals surface area (Å²) in [6.07, 6.45) is 1.49. The SMILES string of the molecule is CCOCC(C)Oc1ncccc1C(=N)N. The van der Waals surface area contributed by atoms with E-state index in [1.165, 1.54) is 0 Å². The van der Waals surface area contributed by atoms with Crippen molar-refractivity contribution in [1.29, 1.82) is 5.41 Å². The molecule has 0 aliphatic rings. The Balaban J connectivity index is 2.69. The van der Waals surface area contributed by atoms with Crippen molar-refractivity contribution in [3.05, 3.63) is 23.9 Å². The molecule has 1 heterocycles. The van der Waals surface area contributed by atoms with Crippen molar-refractivity contribution in [3.63, 3.8) is 0 Å². The van der Waals surface area contributed by atoms with Gasteiger partial charge in [-0.2, -0.15) is 0 Å². The van der Waals surface area contributed by atoms with E-state index in [0.29, 0.717) is 24.7 Å². The summed E-state index contributed by atoms with van der Waals surface area (Å²) in [5.74, 6) is 0.328. The van der Waals surface area contributed by atoms with Crippen LogP contribution in [0.5, 0.6) is 5.88 Å². The third kappa shape index (κ3) is 3.51. The predicted octanol–water partition coefficient (Wildman–Crippen LogP) is 1.17. The highest BCUT2D eigenvalue weighted by Gasteiger charge is 2.11. The number of ether oxygens (including phenoxy) is 2. The molecule has 1 rings (SSSR count). The highest BCUT2D eigenvalue weighted by Crippen LogP contribution is 2.14. The quantitative estimate of drug-likeness (QED) is 0.560. The number of amidine groups is 1. The Kier molecular flexibility index (Phi) is 4.72. The first-order valence-electron chi connectivity index (χ1n) is 5.19. The monoisotopic (exact) mass is 223 g/mol. The van der Waals surface area contributed by atoms with Crippen LogP contribution < -0.4 is 10.5 Å². The zero-order valence-electron chi connectivity index (χ0n) is 9.56. The van der Waals surface area contributed by atoms with Crippen molar-refractivity contribution < 1.29 is 9.47 Å². The van der Waals surface area contributed by atoms with Gasteiger partial charge in [-0.3, -0.25) is 5.41 Å². The fourth-order valence-electron chi connectivity index (χ4n) is 1.20. The second kappa shape index (κ2) is 6.07. The Morgan fingerprint density at radius 2 is 2.38 bits per heavy atom. The van der Waals surface area contributed by atoms with E-state index in [2.05, 4.69) is 4.98 Å². The van der Waals surface area contributed by atoms with E-state index in [1.54, 1.807) is 18.3 Å². The van der Waals surface area contributed by atoms with Crippen LogP contribution in [0.1, 0.15) is 19.4 Å². The maximum atomic E-state index is 7.39. The van der Waals surface area contributed by atoms with E-state index < -0.39 is 0 Å². The first kappa shape index (κ1) is 12.4. The number of nitrogens with one attached hydrogen (secondary N) is 1. The molecule has 1 aromatic heterocycles. The van der Waals surface area contributed by atoms with Crippen molar-refractivity contribution in [3.8, 4) is 5.88 Å². The van der Waals surface area contributed by atoms with Gasteiger partial charge in [0.1, 0.15) is 11.9 Å². The molecule has 1 atom stereocenters. The molecule has 0 bridgehead atoms. The average Bonchev–Trinajstić information content (AvgIpc) is 2.27. The van der Waals surface area contributed by atoms with Crippen LogP contribution in [0.25, 0.3) is 0 Å². The van der Waals surface area contributed by atoms with Crippen LogP contribution >= 0.6 is 0 Å². The standard InChI is InChI=1S/C11H17N3O2/c1-3-15-7-8(2)16-11-9(10(12)13)5-4-6-14-11/h4-6,8H,3,7H2,1-2H3,(H3,12,13). The third-order valence-electron chi connectivity index (χ3n) is 1.93. The maximum Gasteiger partial charge on any atom is 0.224 e. The van der Waals surface area contributed by atoms with Gasteiger partial charge < -0.3 is 15.2 Å². The van der Waals surface area contributed by atoms with Crippen LogP contribution in [-0.4, -0.2) is 30.1 Å². The van der Waals surface area contributed by atoms with E-state index in [-0.39, 0.29) is 11.9 Å². The lowest BCUT2D eigenvalue weighted by molar-refractivity contribution is 0.0632. The summed E-state index contributed by atoms with van der Waals surface area (Å²) in [6.45, 7) is 4.95. The van der Waals surface area contributed by atoms with Crippen LogP contribution in [0.2, 0.25) is 0 Å². The van der Waals surface area contributed by atoms with Crippen molar-refractivity contribution in [2.24, 2.45) is 5.73 Å². The predicted molar refractivity (Wildman–Crippen MR) is 61.8 cm³/mol. The smallest absolute Gasteiger partial charge is 0.224 e. The van der Waals surface area contributed by atoms with Crippen LogP contribution in [0, 0.1) is 5.41 Å². The Morgan fingerprint density at radius 3 is 3.00 bits per heavy atom. The minimum atomic E-state index is -0.118. The highest BCUT2D eigenvalue weighted by molar-refractivity contribution is 5.96. The van der Waals surface area contributed by atoms with Crippen LogP contribution in [-0.2, 0) is 4.74 Å². The summed E-state index contributed by atoms with van der Waals surface area (Å²) in [4.78, 5) is 4.05. The summed E-state index contributed by atoms with van der Waals surface area (Å²) in [5, 5.41) is 7.39. The number of nitrogens with two attached hydrogens (primary N) is 1. The summed E-state index contributed by atoms with van der Waals surface area (Å²) in [6, 6.07) is 3.43. The van der Waals surface area contributed by atoms with Crippen molar-refractivity contribution in [1.82, 2.24) is 4.98 Å². The molecule has 0 saturated heterocycles. The summed E-state index contributed by atoms with van der Waals surface area (Å²) in [7, 11) is 0. The lowest BCUT2D eigenvalue weighted by Gasteiger charge is -2.15. The van der Waals surface area contributed by atoms with Crippen molar-refractivity contribution in [2.45, 2.75) is 20.0 Å². The van der Waals surface area contributed by atoms with Gasteiger partial charge >= 0.3 is 0 Å². The van der Waals surface area contributed by atoms with Gasteiger partial charge in [0.25, 0.3) is 0 Å². The summed E-state index contributed by atoms with van der Waals surface area (Å²) >= 11 is 0. The van der Waals surface area contributed by atoms with Crippen LogP contribution in [0.4, 0.5) is 0 Å². The molecule has 0 fully saturated rings. The number of nitrogen functional groups attached to an aromatic ring is 1. The summed E-state index contributed by atoms with van der Waals surface area (Å²) in [5.41, 5.74) is 5.93. The molecule has 16 heavy (non-hydrogen) atoms. The fourth-order valence-corrected chi connectivity index (χ4v) is 1.20. The van der Waals surface area contributed by atoms with Crippen molar-refractivity contribution in [2.75, 3.05) is 13.2 Å². The Bertz CT molecular complexity index is 355. The molecule has 0 aliphatic carbocycles. The molecular weight excluding hydrogens is 206 g/mol. The molecule has 0 spiro atoms. The molecule has 88 valence electrons. The molecule has 0 aromatic carbocycles. The number of rotatable bonds is 6. The van der Waals surface area contributed by atoms with Gasteiger partial charge in [0, 0.05) is 12.8 Å². The van der Waals surface area contributed by atoms with Gasteiger partial charge in [-0.1, -0.05) is 0 Å². The molecule has 0 amide bonds. The molecule has 0 radical (unpaired) electrons. The molecule has 1 unspecified atom stereocenters. The zero-order chi connectivity index (χ0) is 12.0. The Hall–Kier alpha value is -1.62. The molecular formula is C11H17N3O2. The van der Waals surface area contributed by atoms with Crippen molar-refractivity contribution >= 4 is 5.84 Å². The van der Waals surface area contributed by atoms with E-state index in [1.807, 2.05) is 13.8 Å². The average molecular weight is 223 g/mol. The van der Waals surface area contributed by atoms with Gasteiger partial charge in [0.15, 0.2) is 0 Å². The fraction of sp³-hybridized carbons (Fsp3) is 0.455. The first-order valence-corrected chi connectivity index (χ1v) is 5.19. The number of pyridine rings is 1. The Labute approximate surface area is 95.1 Å². The normalized spacial score (nSPS) is 12.1. The number of aromatic nitrogens is 1. The summed E-state index contributed by atoms with van der Waals surface area (Å²) < 4.78 is 10.8. The minimum absolute atomic E-state index is 0.0493. The lowest BCUT2D eigenvalue weighted by atomic mass is 10.2. The van der Waals surface area contributed by atoms with Crippen LogP contribution in [0.15, 0.2) is 18.3 Å².